The lowest BCUT2D eigenvalue weighted by molar-refractivity contribution is 0.258. The van der Waals surface area contributed by atoms with Gasteiger partial charge in [-0.3, -0.25) is 0 Å². The summed E-state index contributed by atoms with van der Waals surface area (Å²) in [6, 6.07) is 11.9. The van der Waals surface area contributed by atoms with E-state index in [9.17, 15) is 8.42 Å². The summed E-state index contributed by atoms with van der Waals surface area (Å²) in [4.78, 5) is 0.456. The highest BCUT2D eigenvalue weighted by molar-refractivity contribution is 9.10. The molecule has 0 N–H and O–H groups in total. The van der Waals surface area contributed by atoms with Gasteiger partial charge in [-0.25, -0.2) is 8.42 Å². The van der Waals surface area contributed by atoms with Crippen molar-refractivity contribution in [3.63, 3.8) is 0 Å². The minimum Gasteiger partial charge on any atom is -0.489 e. The molecule has 22 heavy (non-hydrogen) atoms. The number of ether oxygens (including phenoxy) is 2. The van der Waals surface area contributed by atoms with Crippen LogP contribution >= 0.6 is 15.9 Å². The summed E-state index contributed by atoms with van der Waals surface area (Å²) in [6.07, 6.45) is 0.0673. The fourth-order valence-corrected chi connectivity index (χ4v) is 4.31. The van der Waals surface area contributed by atoms with E-state index in [1.54, 1.807) is 43.3 Å². The summed E-state index contributed by atoms with van der Waals surface area (Å²) in [7, 11) is -3.65. The molecule has 0 bridgehead atoms. The minimum atomic E-state index is -3.65. The minimum absolute atomic E-state index is 0.0673. The van der Waals surface area contributed by atoms with Gasteiger partial charge in [0.15, 0.2) is 0 Å². The van der Waals surface area contributed by atoms with Gasteiger partial charge in [-0.2, -0.15) is 0 Å². The molecule has 0 saturated carbocycles. The molecule has 1 heterocycles. The molecule has 1 aliphatic heterocycles. The Bertz CT molecular complexity index is 798. The van der Waals surface area contributed by atoms with Gasteiger partial charge < -0.3 is 9.47 Å². The fourth-order valence-electron chi connectivity index (χ4n) is 2.13. The van der Waals surface area contributed by atoms with Crippen LogP contribution in [0.15, 0.2) is 56.7 Å². The first kappa shape index (κ1) is 15.5. The van der Waals surface area contributed by atoms with Crippen molar-refractivity contribution in [1.82, 2.24) is 0 Å². The molecule has 3 rings (SSSR count). The van der Waals surface area contributed by atoms with Crippen LogP contribution in [0.4, 0.5) is 0 Å². The Balaban J connectivity index is 2.05. The first-order valence-corrected chi connectivity index (χ1v) is 9.11. The van der Waals surface area contributed by atoms with Gasteiger partial charge in [-0.1, -0.05) is 34.1 Å². The number of hydrogen-bond donors (Lipinski definition) is 0. The molecule has 0 spiro atoms. The Hall–Kier alpha value is -1.37. The van der Waals surface area contributed by atoms with Crippen LogP contribution in [0.5, 0.6) is 5.75 Å². The third-order valence-electron chi connectivity index (χ3n) is 3.41. The Morgan fingerprint density at radius 3 is 2.64 bits per heavy atom. The monoisotopic (exact) mass is 382 g/mol. The number of hydrogen-bond acceptors (Lipinski definition) is 4. The lowest BCUT2D eigenvalue weighted by atomic mass is 10.2. The van der Waals surface area contributed by atoms with Crippen LogP contribution in [0.1, 0.15) is 5.56 Å². The molecule has 116 valence electrons. The van der Waals surface area contributed by atoms with Crippen molar-refractivity contribution < 1.29 is 17.9 Å². The lowest BCUT2D eigenvalue weighted by Crippen LogP contribution is -2.10. The molecule has 2 aromatic rings. The molecular weight excluding hydrogens is 368 g/mol. The van der Waals surface area contributed by atoms with Crippen LogP contribution in [0.3, 0.4) is 0 Å². The fraction of sp³-hybridized carbons (Fsp3) is 0.250. The van der Waals surface area contributed by atoms with E-state index in [0.717, 1.165) is 0 Å². The van der Waals surface area contributed by atoms with Crippen LogP contribution in [0, 0.1) is 6.92 Å². The number of epoxide rings is 1. The first-order chi connectivity index (χ1) is 10.5. The largest absolute Gasteiger partial charge is 0.489 e. The van der Waals surface area contributed by atoms with Crippen molar-refractivity contribution in [2.45, 2.75) is 22.8 Å². The Morgan fingerprint density at radius 2 is 1.95 bits per heavy atom. The van der Waals surface area contributed by atoms with E-state index in [1.807, 2.05) is 6.07 Å². The van der Waals surface area contributed by atoms with Crippen LogP contribution in [0.25, 0.3) is 0 Å². The van der Waals surface area contributed by atoms with Gasteiger partial charge in [0.25, 0.3) is 0 Å². The Kier molecular flexibility index (Phi) is 4.25. The van der Waals surface area contributed by atoms with Gasteiger partial charge in [0, 0.05) is 4.47 Å². The van der Waals surface area contributed by atoms with Crippen molar-refractivity contribution in [2.24, 2.45) is 0 Å². The standard InChI is InChI=1S/C16H15BrO4S/c1-11-4-2-3-5-15(11)22(18,19)16-8-12(17)6-7-14(16)21-10-13-9-20-13/h2-8,13H,9-10H2,1H3. The van der Waals surface area contributed by atoms with E-state index >= 15 is 0 Å². The summed E-state index contributed by atoms with van der Waals surface area (Å²) < 4.78 is 37.3. The second-order valence-corrected chi connectivity index (χ2v) is 7.93. The average Bonchev–Trinajstić information content (AvgIpc) is 3.30. The van der Waals surface area contributed by atoms with E-state index in [2.05, 4.69) is 15.9 Å². The number of aryl methyl sites for hydroxylation is 1. The number of rotatable bonds is 5. The van der Waals surface area contributed by atoms with E-state index in [4.69, 9.17) is 9.47 Å². The molecule has 6 heteroatoms. The number of benzene rings is 2. The van der Waals surface area contributed by atoms with Crippen LogP contribution in [0.2, 0.25) is 0 Å². The molecule has 2 aromatic carbocycles. The van der Waals surface area contributed by atoms with E-state index in [0.29, 0.717) is 33.9 Å². The van der Waals surface area contributed by atoms with Gasteiger partial charge in [-0.15, -0.1) is 0 Å². The molecule has 0 aliphatic carbocycles. The quantitative estimate of drug-likeness (QED) is 0.743. The Labute approximate surface area is 138 Å². The molecule has 1 atom stereocenters. The van der Waals surface area contributed by atoms with Crippen molar-refractivity contribution in [3.8, 4) is 5.75 Å². The molecular formula is C16H15BrO4S. The second-order valence-electron chi connectivity index (χ2n) is 5.13. The molecule has 0 amide bonds. The van der Waals surface area contributed by atoms with Crippen molar-refractivity contribution in [1.29, 1.82) is 0 Å². The van der Waals surface area contributed by atoms with Crippen molar-refractivity contribution in [2.75, 3.05) is 13.2 Å². The summed E-state index contributed by atoms with van der Waals surface area (Å²) in [5.74, 6) is 0.349. The topological polar surface area (TPSA) is 55.9 Å². The Morgan fingerprint density at radius 1 is 1.23 bits per heavy atom. The number of halogens is 1. The highest BCUT2D eigenvalue weighted by Crippen LogP contribution is 2.33. The summed E-state index contributed by atoms with van der Waals surface area (Å²) in [5, 5.41) is 0. The molecule has 4 nitrogen and oxygen atoms in total. The van der Waals surface area contributed by atoms with Crippen LogP contribution < -0.4 is 4.74 Å². The molecule has 0 radical (unpaired) electrons. The average molecular weight is 383 g/mol. The van der Waals surface area contributed by atoms with Gasteiger partial charge in [-0.05, 0) is 36.8 Å². The molecule has 0 aromatic heterocycles. The maximum Gasteiger partial charge on any atom is 0.210 e. The maximum atomic E-state index is 13.0. The van der Waals surface area contributed by atoms with Gasteiger partial charge in [0.05, 0.1) is 11.5 Å². The SMILES string of the molecule is Cc1ccccc1S(=O)(=O)c1cc(Br)ccc1OCC1CO1. The lowest BCUT2D eigenvalue weighted by Gasteiger charge is -2.13. The zero-order valence-electron chi connectivity index (χ0n) is 12.0. The van der Waals surface area contributed by atoms with Crippen LogP contribution in [-0.2, 0) is 14.6 Å². The van der Waals surface area contributed by atoms with E-state index in [1.165, 1.54) is 0 Å². The van der Waals surface area contributed by atoms with E-state index in [-0.39, 0.29) is 11.0 Å². The summed E-state index contributed by atoms with van der Waals surface area (Å²) in [6.45, 7) is 2.80. The van der Waals surface area contributed by atoms with Crippen molar-refractivity contribution >= 4 is 25.8 Å². The highest BCUT2D eigenvalue weighted by Gasteiger charge is 2.27. The zero-order valence-corrected chi connectivity index (χ0v) is 14.4. The summed E-state index contributed by atoms with van der Waals surface area (Å²) in [5.41, 5.74) is 0.707. The smallest absolute Gasteiger partial charge is 0.210 e. The molecule has 1 unspecified atom stereocenters. The third-order valence-corrected chi connectivity index (χ3v) is 5.83. The normalized spacial score (nSPS) is 17.3. The zero-order chi connectivity index (χ0) is 15.7. The van der Waals surface area contributed by atoms with E-state index < -0.39 is 9.84 Å². The third kappa shape index (κ3) is 3.19. The molecule has 1 aliphatic rings. The summed E-state index contributed by atoms with van der Waals surface area (Å²) >= 11 is 3.33. The number of sulfone groups is 1. The predicted molar refractivity (Wildman–Crippen MR) is 86.0 cm³/mol. The predicted octanol–water partition coefficient (Wildman–Crippen LogP) is 3.37. The maximum absolute atomic E-state index is 13.0. The van der Waals surface area contributed by atoms with Crippen LogP contribution in [-0.4, -0.2) is 27.7 Å². The molecule has 1 saturated heterocycles. The van der Waals surface area contributed by atoms with Gasteiger partial charge in [0.2, 0.25) is 9.84 Å². The highest BCUT2D eigenvalue weighted by atomic mass is 79.9. The van der Waals surface area contributed by atoms with Crippen molar-refractivity contribution in [3.05, 3.63) is 52.5 Å². The first-order valence-electron chi connectivity index (χ1n) is 6.83. The van der Waals surface area contributed by atoms with Gasteiger partial charge in [0.1, 0.15) is 23.4 Å². The second kappa shape index (κ2) is 6.02. The molecule has 1 fully saturated rings. The van der Waals surface area contributed by atoms with Gasteiger partial charge >= 0.3 is 0 Å².